The van der Waals surface area contributed by atoms with Crippen LogP contribution in [0.2, 0.25) is 0 Å². The van der Waals surface area contributed by atoms with Crippen molar-refractivity contribution in [2.75, 3.05) is 0 Å². The molecule has 0 aromatic rings. The third kappa shape index (κ3) is 3.90. The van der Waals surface area contributed by atoms with Gasteiger partial charge in [-0.25, -0.2) is 0 Å². The van der Waals surface area contributed by atoms with Crippen molar-refractivity contribution in [3.8, 4) is 0 Å². The number of allylic oxidation sites excluding steroid dienone is 1. The van der Waals surface area contributed by atoms with Crippen molar-refractivity contribution in [3.63, 3.8) is 0 Å². The molecule has 6 nitrogen and oxygen atoms in total. The number of nitrogens with two attached hydrogens (primary N) is 1. The highest BCUT2D eigenvalue weighted by Gasteiger charge is 2.29. The van der Waals surface area contributed by atoms with Crippen LogP contribution in [0.5, 0.6) is 0 Å². The fourth-order valence-electron chi connectivity index (χ4n) is 1.65. The van der Waals surface area contributed by atoms with Crippen molar-refractivity contribution in [1.82, 2.24) is 10.6 Å². The maximum atomic E-state index is 11.7. The second-order valence-electron chi connectivity index (χ2n) is 3.99. The Morgan fingerprint density at radius 2 is 2.35 bits per heavy atom. The van der Waals surface area contributed by atoms with Gasteiger partial charge in [0.15, 0.2) is 0 Å². The molecule has 0 bridgehead atoms. The van der Waals surface area contributed by atoms with Gasteiger partial charge in [-0.3, -0.25) is 14.4 Å². The summed E-state index contributed by atoms with van der Waals surface area (Å²) >= 11 is 0. The third-order valence-electron chi connectivity index (χ3n) is 2.63. The minimum atomic E-state index is -0.710. The van der Waals surface area contributed by atoms with Crippen LogP contribution in [0.3, 0.4) is 0 Å². The lowest BCUT2D eigenvalue weighted by Crippen LogP contribution is -2.50. The maximum Gasteiger partial charge on any atom is 0.243 e. The minimum absolute atomic E-state index is 0.146. The monoisotopic (exact) mass is 239 g/mol. The molecular formula is C11H17N3O3. The highest BCUT2D eigenvalue weighted by Crippen LogP contribution is 2.07. The summed E-state index contributed by atoms with van der Waals surface area (Å²) in [5.74, 6) is -1.08. The summed E-state index contributed by atoms with van der Waals surface area (Å²) < 4.78 is 0. The van der Waals surface area contributed by atoms with Gasteiger partial charge >= 0.3 is 0 Å². The molecule has 0 spiro atoms. The molecule has 0 unspecified atom stereocenters. The molecule has 2 atom stereocenters. The van der Waals surface area contributed by atoms with E-state index in [1.807, 2.05) is 0 Å². The van der Waals surface area contributed by atoms with Crippen LogP contribution < -0.4 is 16.4 Å². The summed E-state index contributed by atoms with van der Waals surface area (Å²) in [4.78, 5) is 33.8. The topological polar surface area (TPSA) is 101 Å². The molecule has 1 saturated heterocycles. The fraction of sp³-hybridized carbons (Fsp3) is 0.545. The van der Waals surface area contributed by atoms with E-state index >= 15 is 0 Å². The zero-order valence-electron chi connectivity index (χ0n) is 9.57. The maximum absolute atomic E-state index is 11.7. The van der Waals surface area contributed by atoms with Gasteiger partial charge in [0.2, 0.25) is 17.7 Å². The molecule has 0 aromatic heterocycles. The second-order valence-corrected chi connectivity index (χ2v) is 3.99. The Bertz CT molecular complexity index is 341. The number of nitrogens with one attached hydrogen (secondary N) is 2. The molecule has 94 valence electrons. The van der Waals surface area contributed by atoms with Gasteiger partial charge in [-0.1, -0.05) is 6.08 Å². The van der Waals surface area contributed by atoms with E-state index in [4.69, 9.17) is 5.73 Å². The van der Waals surface area contributed by atoms with Crippen LogP contribution in [-0.4, -0.2) is 29.8 Å². The Hall–Kier alpha value is -1.85. The second kappa shape index (κ2) is 6.03. The summed E-state index contributed by atoms with van der Waals surface area (Å²) in [6, 6.07) is -1.26. The van der Waals surface area contributed by atoms with Crippen LogP contribution in [0.15, 0.2) is 12.7 Å². The third-order valence-corrected chi connectivity index (χ3v) is 2.63. The summed E-state index contributed by atoms with van der Waals surface area (Å²) in [5.41, 5.74) is 5.18. The Kier molecular flexibility index (Phi) is 4.68. The lowest BCUT2D eigenvalue weighted by Gasteiger charge is -2.17. The summed E-state index contributed by atoms with van der Waals surface area (Å²) in [5, 5.41) is 5.07. The van der Waals surface area contributed by atoms with Crippen molar-refractivity contribution in [1.29, 1.82) is 0 Å². The van der Waals surface area contributed by atoms with Crippen molar-refractivity contribution in [3.05, 3.63) is 12.7 Å². The summed E-state index contributed by atoms with van der Waals surface area (Å²) in [6.45, 7) is 3.54. The van der Waals surface area contributed by atoms with E-state index in [-0.39, 0.29) is 11.8 Å². The number of hydrogen-bond acceptors (Lipinski definition) is 3. The van der Waals surface area contributed by atoms with Gasteiger partial charge in [0, 0.05) is 6.42 Å². The van der Waals surface area contributed by atoms with Crippen LogP contribution in [0.25, 0.3) is 0 Å². The number of hydrogen-bond donors (Lipinski definition) is 3. The quantitative estimate of drug-likeness (QED) is 0.529. The molecular weight excluding hydrogens is 222 g/mol. The SMILES string of the molecule is C=CCC[C@@H](NC(=O)[C@H]1CCC(=O)N1)C(N)=O. The molecule has 0 aromatic carbocycles. The first-order valence-corrected chi connectivity index (χ1v) is 5.54. The molecule has 1 rings (SSSR count). The lowest BCUT2D eigenvalue weighted by atomic mass is 10.1. The van der Waals surface area contributed by atoms with Gasteiger partial charge < -0.3 is 16.4 Å². The highest BCUT2D eigenvalue weighted by molar-refractivity contribution is 5.93. The zero-order chi connectivity index (χ0) is 12.8. The average Bonchev–Trinajstić information content (AvgIpc) is 2.70. The summed E-state index contributed by atoms with van der Waals surface area (Å²) in [6.07, 6.45) is 3.46. The van der Waals surface area contributed by atoms with Gasteiger partial charge in [-0.2, -0.15) is 0 Å². The van der Waals surface area contributed by atoms with E-state index in [1.54, 1.807) is 6.08 Å². The van der Waals surface area contributed by atoms with Crippen molar-refractivity contribution in [2.45, 2.75) is 37.8 Å². The van der Waals surface area contributed by atoms with E-state index in [9.17, 15) is 14.4 Å². The molecule has 4 N–H and O–H groups in total. The van der Waals surface area contributed by atoms with Gasteiger partial charge in [0.25, 0.3) is 0 Å². The number of amides is 3. The molecule has 1 heterocycles. The van der Waals surface area contributed by atoms with Crippen LogP contribution >= 0.6 is 0 Å². The molecule has 1 fully saturated rings. The van der Waals surface area contributed by atoms with Crippen LogP contribution in [0.4, 0.5) is 0 Å². The van der Waals surface area contributed by atoms with Crippen molar-refractivity contribution < 1.29 is 14.4 Å². The number of carbonyl (C=O) groups excluding carboxylic acids is 3. The predicted octanol–water partition coefficient (Wildman–Crippen LogP) is -0.799. The first-order valence-electron chi connectivity index (χ1n) is 5.54. The van der Waals surface area contributed by atoms with Crippen LogP contribution in [0, 0.1) is 0 Å². The Balaban J connectivity index is 2.48. The summed E-state index contributed by atoms with van der Waals surface area (Å²) in [7, 11) is 0. The Labute approximate surface area is 99.6 Å². The van der Waals surface area contributed by atoms with Crippen molar-refractivity contribution >= 4 is 17.7 Å². The lowest BCUT2D eigenvalue weighted by molar-refractivity contribution is -0.129. The smallest absolute Gasteiger partial charge is 0.243 e. The Morgan fingerprint density at radius 3 is 2.82 bits per heavy atom. The molecule has 1 aliphatic heterocycles. The van der Waals surface area contributed by atoms with Crippen LogP contribution in [-0.2, 0) is 14.4 Å². The Morgan fingerprint density at radius 1 is 1.65 bits per heavy atom. The minimum Gasteiger partial charge on any atom is -0.368 e. The molecule has 6 heteroatoms. The molecule has 1 aliphatic rings. The first kappa shape index (κ1) is 13.2. The molecule has 0 saturated carbocycles. The van der Waals surface area contributed by atoms with Gasteiger partial charge in [-0.15, -0.1) is 6.58 Å². The average molecular weight is 239 g/mol. The van der Waals surface area contributed by atoms with E-state index < -0.39 is 18.0 Å². The zero-order valence-corrected chi connectivity index (χ0v) is 9.57. The first-order chi connectivity index (χ1) is 8.04. The largest absolute Gasteiger partial charge is 0.368 e. The predicted molar refractivity (Wildman–Crippen MR) is 61.7 cm³/mol. The van der Waals surface area contributed by atoms with Gasteiger partial charge in [-0.05, 0) is 19.3 Å². The van der Waals surface area contributed by atoms with Crippen LogP contribution in [0.1, 0.15) is 25.7 Å². The van der Waals surface area contributed by atoms with E-state index in [0.717, 1.165) is 0 Å². The van der Waals surface area contributed by atoms with E-state index in [0.29, 0.717) is 25.7 Å². The normalized spacial score (nSPS) is 20.5. The van der Waals surface area contributed by atoms with Gasteiger partial charge in [0.1, 0.15) is 12.1 Å². The number of primary amides is 1. The highest BCUT2D eigenvalue weighted by atomic mass is 16.2. The number of carbonyl (C=O) groups is 3. The van der Waals surface area contributed by atoms with E-state index in [2.05, 4.69) is 17.2 Å². The van der Waals surface area contributed by atoms with E-state index in [1.165, 1.54) is 0 Å². The molecule has 3 amide bonds. The molecule has 17 heavy (non-hydrogen) atoms. The molecule has 0 radical (unpaired) electrons. The number of rotatable bonds is 6. The van der Waals surface area contributed by atoms with Gasteiger partial charge in [0.05, 0.1) is 0 Å². The fourth-order valence-corrected chi connectivity index (χ4v) is 1.65. The standard InChI is InChI=1S/C11H17N3O3/c1-2-3-4-7(10(12)16)14-11(17)8-5-6-9(15)13-8/h2,7-8H,1,3-6H2,(H2,12,16)(H,13,15)(H,14,17)/t7-,8-/m1/s1. The van der Waals surface area contributed by atoms with Crippen molar-refractivity contribution in [2.24, 2.45) is 5.73 Å². The molecule has 0 aliphatic carbocycles.